The van der Waals surface area contributed by atoms with Gasteiger partial charge in [0.2, 0.25) is 0 Å². The number of hydrogen-bond donors (Lipinski definition) is 1. The molecule has 18 heavy (non-hydrogen) atoms. The molecule has 0 spiro atoms. The second kappa shape index (κ2) is 5.30. The zero-order valence-electron chi connectivity index (χ0n) is 9.68. The van der Waals surface area contributed by atoms with Gasteiger partial charge in [-0.25, -0.2) is 8.42 Å². The fourth-order valence-electron chi connectivity index (χ4n) is 1.47. The molecule has 0 radical (unpaired) electrons. The summed E-state index contributed by atoms with van der Waals surface area (Å²) in [6, 6.07) is 8.64. The van der Waals surface area contributed by atoms with Crippen LogP contribution in [0.25, 0.3) is 0 Å². The van der Waals surface area contributed by atoms with Crippen LogP contribution >= 0.6 is 22.9 Å². The topological polar surface area (TPSA) is 46.2 Å². The van der Waals surface area contributed by atoms with Gasteiger partial charge in [-0.2, -0.15) is 0 Å². The third kappa shape index (κ3) is 3.25. The first-order valence-corrected chi connectivity index (χ1v) is 8.37. The Bertz CT molecular complexity index is 636. The van der Waals surface area contributed by atoms with Gasteiger partial charge in [0.05, 0.1) is 15.6 Å². The van der Waals surface area contributed by atoms with E-state index in [4.69, 9.17) is 11.6 Å². The summed E-state index contributed by atoms with van der Waals surface area (Å²) in [6.45, 7) is 0.630. The molecule has 96 valence electrons. The van der Waals surface area contributed by atoms with Crippen molar-refractivity contribution in [2.45, 2.75) is 11.4 Å². The lowest BCUT2D eigenvalue weighted by Gasteiger charge is -2.09. The summed E-state index contributed by atoms with van der Waals surface area (Å²) in [7, 11) is -3.21. The van der Waals surface area contributed by atoms with E-state index in [0.717, 1.165) is 4.88 Å². The van der Waals surface area contributed by atoms with E-state index in [1.807, 2.05) is 17.5 Å². The van der Waals surface area contributed by atoms with Crippen LogP contribution in [0.1, 0.15) is 4.88 Å². The Morgan fingerprint density at radius 3 is 2.72 bits per heavy atom. The summed E-state index contributed by atoms with van der Waals surface area (Å²) in [5.41, 5.74) is 0.632. The number of rotatable bonds is 4. The Morgan fingerprint density at radius 1 is 1.33 bits per heavy atom. The SMILES string of the molecule is CS(=O)(=O)c1ccc(Cl)c(NCc2cccs2)c1. The molecule has 0 aliphatic carbocycles. The zero-order valence-corrected chi connectivity index (χ0v) is 12.1. The highest BCUT2D eigenvalue weighted by Gasteiger charge is 2.10. The molecule has 1 aromatic heterocycles. The lowest BCUT2D eigenvalue weighted by molar-refractivity contribution is 0.602. The molecule has 3 nitrogen and oxygen atoms in total. The maximum atomic E-state index is 11.5. The summed E-state index contributed by atoms with van der Waals surface area (Å²) in [6.07, 6.45) is 1.18. The lowest BCUT2D eigenvalue weighted by atomic mass is 10.3. The van der Waals surface area contributed by atoms with Gasteiger partial charge in [-0.3, -0.25) is 0 Å². The molecule has 0 saturated carbocycles. The van der Waals surface area contributed by atoms with Crippen LogP contribution in [0.3, 0.4) is 0 Å². The van der Waals surface area contributed by atoms with E-state index in [-0.39, 0.29) is 4.90 Å². The first-order chi connectivity index (χ1) is 8.47. The highest BCUT2D eigenvalue weighted by Crippen LogP contribution is 2.26. The largest absolute Gasteiger partial charge is 0.379 e. The van der Waals surface area contributed by atoms with Crippen molar-refractivity contribution in [2.24, 2.45) is 0 Å². The number of thiophene rings is 1. The van der Waals surface area contributed by atoms with Crippen molar-refractivity contribution in [3.63, 3.8) is 0 Å². The number of benzene rings is 1. The van der Waals surface area contributed by atoms with Crippen LogP contribution in [0, 0.1) is 0 Å². The molecule has 1 N–H and O–H groups in total. The second-order valence-electron chi connectivity index (χ2n) is 3.85. The zero-order chi connectivity index (χ0) is 13.2. The van der Waals surface area contributed by atoms with Crippen molar-refractivity contribution in [3.8, 4) is 0 Å². The smallest absolute Gasteiger partial charge is 0.175 e. The van der Waals surface area contributed by atoms with E-state index >= 15 is 0 Å². The second-order valence-corrected chi connectivity index (χ2v) is 7.30. The third-order valence-electron chi connectivity index (χ3n) is 2.40. The van der Waals surface area contributed by atoms with E-state index in [0.29, 0.717) is 17.3 Å². The number of nitrogens with one attached hydrogen (secondary N) is 1. The molecular formula is C12H12ClNO2S2. The highest BCUT2D eigenvalue weighted by atomic mass is 35.5. The lowest BCUT2D eigenvalue weighted by Crippen LogP contribution is -2.02. The molecule has 0 fully saturated rings. The Hall–Kier alpha value is -1.04. The van der Waals surface area contributed by atoms with E-state index < -0.39 is 9.84 Å². The average Bonchev–Trinajstić information content (AvgIpc) is 2.79. The fourth-order valence-corrected chi connectivity index (χ4v) is 2.94. The van der Waals surface area contributed by atoms with E-state index in [1.54, 1.807) is 23.5 Å². The predicted octanol–water partition coefficient (Wildman–Crippen LogP) is 3.42. The molecule has 0 saturated heterocycles. The van der Waals surface area contributed by atoms with Crippen LogP contribution in [-0.4, -0.2) is 14.7 Å². The Labute approximate surface area is 115 Å². The van der Waals surface area contributed by atoms with Gasteiger partial charge in [0.15, 0.2) is 9.84 Å². The molecule has 0 bridgehead atoms. The molecule has 1 aromatic carbocycles. The highest BCUT2D eigenvalue weighted by molar-refractivity contribution is 7.90. The predicted molar refractivity (Wildman–Crippen MR) is 76.2 cm³/mol. The standard InChI is InChI=1S/C12H12ClNO2S2/c1-18(15,16)10-4-5-11(13)12(7-10)14-8-9-3-2-6-17-9/h2-7,14H,8H2,1H3. The fraction of sp³-hybridized carbons (Fsp3) is 0.167. The minimum atomic E-state index is -3.21. The van der Waals surface area contributed by atoms with Crippen molar-refractivity contribution < 1.29 is 8.42 Å². The van der Waals surface area contributed by atoms with Crippen molar-refractivity contribution in [2.75, 3.05) is 11.6 Å². The van der Waals surface area contributed by atoms with Gasteiger partial charge in [0.1, 0.15) is 0 Å². The molecule has 2 rings (SSSR count). The van der Waals surface area contributed by atoms with Gasteiger partial charge in [0.25, 0.3) is 0 Å². The monoisotopic (exact) mass is 301 g/mol. The van der Waals surface area contributed by atoms with Crippen LogP contribution in [0.5, 0.6) is 0 Å². The molecule has 0 atom stereocenters. The van der Waals surface area contributed by atoms with Crippen LogP contribution < -0.4 is 5.32 Å². The number of halogens is 1. The van der Waals surface area contributed by atoms with Crippen LogP contribution in [0.2, 0.25) is 5.02 Å². The summed E-state index contributed by atoms with van der Waals surface area (Å²) >= 11 is 7.67. The average molecular weight is 302 g/mol. The first kappa shape index (κ1) is 13.4. The number of hydrogen-bond acceptors (Lipinski definition) is 4. The molecule has 0 amide bonds. The molecule has 6 heteroatoms. The van der Waals surface area contributed by atoms with E-state index in [9.17, 15) is 8.42 Å². The third-order valence-corrected chi connectivity index (χ3v) is 4.72. The van der Waals surface area contributed by atoms with Crippen molar-refractivity contribution in [1.29, 1.82) is 0 Å². The summed E-state index contributed by atoms with van der Waals surface area (Å²) < 4.78 is 22.9. The van der Waals surface area contributed by atoms with Gasteiger partial charge in [-0.15, -0.1) is 11.3 Å². The summed E-state index contributed by atoms with van der Waals surface area (Å²) in [4.78, 5) is 1.43. The molecule has 2 aromatic rings. The van der Waals surface area contributed by atoms with E-state index in [1.165, 1.54) is 12.3 Å². The van der Waals surface area contributed by atoms with Crippen LogP contribution in [0.15, 0.2) is 40.6 Å². The van der Waals surface area contributed by atoms with Crippen molar-refractivity contribution >= 4 is 38.5 Å². The molecule has 0 aliphatic rings. The number of anilines is 1. The summed E-state index contributed by atoms with van der Waals surface area (Å²) in [5, 5.41) is 5.65. The minimum absolute atomic E-state index is 0.264. The Balaban J connectivity index is 2.22. The van der Waals surface area contributed by atoms with E-state index in [2.05, 4.69) is 5.32 Å². The quantitative estimate of drug-likeness (QED) is 0.941. The molecule has 0 aliphatic heterocycles. The Morgan fingerprint density at radius 2 is 2.11 bits per heavy atom. The van der Waals surface area contributed by atoms with Crippen molar-refractivity contribution in [1.82, 2.24) is 0 Å². The van der Waals surface area contributed by atoms with Gasteiger partial charge in [0, 0.05) is 17.7 Å². The maximum Gasteiger partial charge on any atom is 0.175 e. The Kier molecular flexibility index (Phi) is 3.94. The molecule has 1 heterocycles. The van der Waals surface area contributed by atoms with Gasteiger partial charge >= 0.3 is 0 Å². The van der Waals surface area contributed by atoms with Gasteiger partial charge in [-0.05, 0) is 29.6 Å². The van der Waals surface area contributed by atoms with Gasteiger partial charge < -0.3 is 5.32 Å². The molecular weight excluding hydrogens is 290 g/mol. The van der Waals surface area contributed by atoms with Crippen molar-refractivity contribution in [3.05, 3.63) is 45.6 Å². The maximum absolute atomic E-state index is 11.5. The first-order valence-electron chi connectivity index (χ1n) is 5.22. The van der Waals surface area contributed by atoms with Crippen LogP contribution in [-0.2, 0) is 16.4 Å². The summed E-state index contributed by atoms with van der Waals surface area (Å²) in [5.74, 6) is 0. The van der Waals surface area contributed by atoms with Crippen LogP contribution in [0.4, 0.5) is 5.69 Å². The number of sulfone groups is 1. The normalized spacial score (nSPS) is 11.4. The van der Waals surface area contributed by atoms with Gasteiger partial charge in [-0.1, -0.05) is 17.7 Å². The minimum Gasteiger partial charge on any atom is -0.379 e. The molecule has 0 unspecified atom stereocenters.